The topological polar surface area (TPSA) is 41.9 Å². The van der Waals surface area contributed by atoms with E-state index in [1.807, 2.05) is 0 Å². The van der Waals surface area contributed by atoms with Gasteiger partial charge in [0.1, 0.15) is 11.6 Å². The van der Waals surface area contributed by atoms with Crippen LogP contribution >= 0.6 is 0 Å². The third-order valence-electron chi connectivity index (χ3n) is 4.31. The maximum Gasteiger partial charge on any atom is 0.222 e. The fourth-order valence-electron chi connectivity index (χ4n) is 2.90. The molecule has 0 saturated heterocycles. The minimum absolute atomic E-state index is 0.0768. The van der Waals surface area contributed by atoms with Crippen LogP contribution < -0.4 is 0 Å². The molecule has 1 aliphatic heterocycles. The van der Waals surface area contributed by atoms with Crippen molar-refractivity contribution in [2.45, 2.75) is 32.4 Å². The quantitative estimate of drug-likeness (QED) is 0.786. The Labute approximate surface area is 151 Å². The average molecular weight is 358 g/mol. The van der Waals surface area contributed by atoms with E-state index in [4.69, 9.17) is 4.84 Å². The van der Waals surface area contributed by atoms with E-state index in [1.54, 1.807) is 42.2 Å². The zero-order valence-electron chi connectivity index (χ0n) is 14.5. The number of benzene rings is 2. The van der Waals surface area contributed by atoms with Crippen LogP contribution in [0, 0.1) is 11.6 Å². The Morgan fingerprint density at radius 3 is 2.62 bits per heavy atom. The average Bonchev–Trinajstić information content (AvgIpc) is 3.11. The molecule has 1 heterocycles. The predicted molar refractivity (Wildman–Crippen MR) is 94.5 cm³/mol. The number of hydrogen-bond donors (Lipinski definition) is 0. The van der Waals surface area contributed by atoms with E-state index < -0.39 is 0 Å². The summed E-state index contributed by atoms with van der Waals surface area (Å²) in [5.41, 5.74) is 1.97. The van der Waals surface area contributed by atoms with Crippen molar-refractivity contribution in [2.75, 3.05) is 6.54 Å². The van der Waals surface area contributed by atoms with Crippen molar-refractivity contribution >= 4 is 11.6 Å². The summed E-state index contributed by atoms with van der Waals surface area (Å²) in [6, 6.07) is 12.4. The predicted octanol–water partition coefficient (Wildman–Crippen LogP) is 3.90. The molecule has 0 saturated carbocycles. The van der Waals surface area contributed by atoms with Crippen LogP contribution in [0.1, 0.15) is 30.9 Å². The van der Waals surface area contributed by atoms with Crippen molar-refractivity contribution in [3.05, 3.63) is 71.3 Å². The van der Waals surface area contributed by atoms with Gasteiger partial charge in [0.2, 0.25) is 5.91 Å². The Hall–Kier alpha value is -2.76. The fourth-order valence-corrected chi connectivity index (χ4v) is 2.90. The lowest BCUT2D eigenvalue weighted by Crippen LogP contribution is -2.37. The Morgan fingerprint density at radius 1 is 1.19 bits per heavy atom. The molecule has 0 bridgehead atoms. The van der Waals surface area contributed by atoms with E-state index in [1.165, 1.54) is 18.2 Å². The maximum atomic E-state index is 13.9. The van der Waals surface area contributed by atoms with Gasteiger partial charge in [-0.1, -0.05) is 42.4 Å². The zero-order valence-corrected chi connectivity index (χ0v) is 14.5. The second-order valence-corrected chi connectivity index (χ2v) is 6.20. The highest BCUT2D eigenvalue weighted by atomic mass is 19.1. The summed E-state index contributed by atoms with van der Waals surface area (Å²) in [7, 11) is 0. The fraction of sp³-hybridized carbons (Fsp3) is 0.300. The molecule has 136 valence electrons. The third-order valence-corrected chi connectivity index (χ3v) is 4.31. The van der Waals surface area contributed by atoms with Crippen LogP contribution in [0.15, 0.2) is 53.7 Å². The number of nitrogens with zero attached hydrogens (tertiary/aromatic N) is 2. The van der Waals surface area contributed by atoms with Crippen molar-refractivity contribution in [2.24, 2.45) is 5.16 Å². The summed E-state index contributed by atoms with van der Waals surface area (Å²) in [5.74, 6) is -0.724. The summed E-state index contributed by atoms with van der Waals surface area (Å²) >= 11 is 0. The number of hydrogen-bond acceptors (Lipinski definition) is 3. The van der Waals surface area contributed by atoms with Crippen LogP contribution in [0.3, 0.4) is 0 Å². The van der Waals surface area contributed by atoms with Crippen LogP contribution in [-0.4, -0.2) is 29.2 Å². The van der Waals surface area contributed by atoms with Crippen LogP contribution in [0.2, 0.25) is 0 Å². The van der Waals surface area contributed by atoms with Gasteiger partial charge in [0.05, 0.1) is 12.3 Å². The first kappa shape index (κ1) is 18.0. The molecule has 0 N–H and O–H groups in total. The van der Waals surface area contributed by atoms with Gasteiger partial charge in [0.15, 0.2) is 6.10 Å². The van der Waals surface area contributed by atoms with E-state index in [0.717, 1.165) is 5.56 Å². The number of amides is 1. The first-order valence-electron chi connectivity index (χ1n) is 8.56. The Kier molecular flexibility index (Phi) is 5.61. The monoisotopic (exact) mass is 358 g/mol. The summed E-state index contributed by atoms with van der Waals surface area (Å²) < 4.78 is 27.0. The second-order valence-electron chi connectivity index (χ2n) is 6.20. The van der Waals surface area contributed by atoms with Gasteiger partial charge in [0, 0.05) is 24.9 Å². The Morgan fingerprint density at radius 2 is 1.92 bits per heavy atom. The van der Waals surface area contributed by atoms with Crippen LogP contribution in [-0.2, 0) is 16.2 Å². The molecule has 0 fully saturated rings. The van der Waals surface area contributed by atoms with E-state index in [2.05, 4.69) is 5.16 Å². The second kappa shape index (κ2) is 8.08. The molecule has 2 aromatic carbocycles. The van der Waals surface area contributed by atoms with Gasteiger partial charge in [0.25, 0.3) is 0 Å². The highest BCUT2D eigenvalue weighted by Crippen LogP contribution is 2.20. The highest BCUT2D eigenvalue weighted by molar-refractivity contribution is 6.01. The van der Waals surface area contributed by atoms with Crippen molar-refractivity contribution in [1.82, 2.24) is 4.90 Å². The molecule has 0 unspecified atom stereocenters. The molecule has 26 heavy (non-hydrogen) atoms. The number of carbonyl (C=O) groups is 1. The van der Waals surface area contributed by atoms with Crippen molar-refractivity contribution in [3.8, 4) is 0 Å². The molecule has 6 heteroatoms. The van der Waals surface area contributed by atoms with Crippen LogP contribution in [0.25, 0.3) is 0 Å². The lowest BCUT2D eigenvalue weighted by atomic mass is 10.0. The molecular weight excluding hydrogens is 338 g/mol. The summed E-state index contributed by atoms with van der Waals surface area (Å²) in [6.07, 6.45) is 0.529. The summed E-state index contributed by atoms with van der Waals surface area (Å²) in [6.45, 7) is 2.27. The molecule has 0 aromatic heterocycles. The molecule has 4 nitrogen and oxygen atoms in total. The van der Waals surface area contributed by atoms with Crippen molar-refractivity contribution < 1.29 is 18.4 Å². The molecule has 0 aliphatic carbocycles. The van der Waals surface area contributed by atoms with Gasteiger partial charge < -0.3 is 9.74 Å². The van der Waals surface area contributed by atoms with E-state index in [9.17, 15) is 13.6 Å². The molecule has 0 spiro atoms. The molecule has 1 aliphatic rings. The lowest BCUT2D eigenvalue weighted by molar-refractivity contribution is -0.133. The van der Waals surface area contributed by atoms with E-state index in [0.29, 0.717) is 30.7 Å². The van der Waals surface area contributed by atoms with Gasteiger partial charge in [-0.15, -0.1) is 0 Å². The minimum atomic E-state index is -0.336. The van der Waals surface area contributed by atoms with E-state index >= 15 is 0 Å². The lowest BCUT2D eigenvalue weighted by Gasteiger charge is -2.24. The highest BCUT2D eigenvalue weighted by Gasteiger charge is 2.26. The smallest absolute Gasteiger partial charge is 0.222 e. The molecule has 0 radical (unpaired) electrons. The maximum absolute atomic E-state index is 13.9. The molecule has 2 aromatic rings. The van der Waals surface area contributed by atoms with Gasteiger partial charge in [-0.2, -0.15) is 0 Å². The minimum Gasteiger partial charge on any atom is -0.390 e. The van der Waals surface area contributed by atoms with Crippen LogP contribution in [0.5, 0.6) is 0 Å². The molecular formula is C20H20F2N2O2. The van der Waals surface area contributed by atoms with Crippen molar-refractivity contribution in [1.29, 1.82) is 0 Å². The standard InChI is InChI=1S/C20H20F2N2O2/c1-2-20(25)24(12-15-5-3-4-6-18(15)22)13-17-11-19(23-26-17)14-7-9-16(21)10-8-14/h3-10,17H,2,11-13H2,1H3/t17-/m0/s1. The number of carbonyl (C=O) groups excluding carboxylic acids is 1. The Balaban J connectivity index is 1.66. The van der Waals surface area contributed by atoms with Crippen molar-refractivity contribution in [3.63, 3.8) is 0 Å². The van der Waals surface area contributed by atoms with E-state index in [-0.39, 0.29) is 30.2 Å². The summed E-state index contributed by atoms with van der Waals surface area (Å²) in [5, 5.41) is 4.06. The number of halogens is 2. The zero-order chi connectivity index (χ0) is 18.5. The number of oxime groups is 1. The SMILES string of the molecule is CCC(=O)N(Cc1ccccc1F)C[C@@H]1CC(c2ccc(F)cc2)=NO1. The molecule has 1 amide bonds. The van der Waals surface area contributed by atoms with Gasteiger partial charge >= 0.3 is 0 Å². The molecule has 1 atom stereocenters. The van der Waals surface area contributed by atoms with Gasteiger partial charge in [-0.05, 0) is 23.8 Å². The van der Waals surface area contributed by atoms with Crippen LogP contribution in [0.4, 0.5) is 8.78 Å². The molecule has 3 rings (SSSR count). The first-order chi connectivity index (χ1) is 12.6. The normalized spacial score (nSPS) is 16.1. The van der Waals surface area contributed by atoms with Gasteiger partial charge in [-0.3, -0.25) is 4.79 Å². The number of rotatable bonds is 6. The van der Waals surface area contributed by atoms with Gasteiger partial charge in [-0.25, -0.2) is 8.78 Å². The third kappa shape index (κ3) is 4.25. The first-order valence-corrected chi connectivity index (χ1v) is 8.56. The Bertz CT molecular complexity index is 806. The largest absolute Gasteiger partial charge is 0.390 e. The summed E-state index contributed by atoms with van der Waals surface area (Å²) in [4.78, 5) is 19.3.